The standard InChI is InChI=1S/C18H17N3O2/c1-11-6-4-7-12(2)15(11)17-19-16(20-18(22)21-17)13-8-5-9-14(10-13)23-3/h4-10H,1-3H3,(H,19,20,21,22). The maximum absolute atomic E-state index is 12.0. The summed E-state index contributed by atoms with van der Waals surface area (Å²) in [7, 11) is 1.60. The molecular weight excluding hydrogens is 290 g/mol. The minimum atomic E-state index is -0.421. The van der Waals surface area contributed by atoms with Crippen molar-refractivity contribution in [2.24, 2.45) is 0 Å². The largest absolute Gasteiger partial charge is 0.497 e. The Morgan fingerprint density at radius 3 is 2.39 bits per heavy atom. The Bertz CT molecular complexity index is 896. The molecule has 23 heavy (non-hydrogen) atoms. The van der Waals surface area contributed by atoms with Crippen LogP contribution >= 0.6 is 0 Å². The lowest BCUT2D eigenvalue weighted by atomic mass is 10.0. The number of ether oxygens (including phenoxy) is 1. The number of nitrogens with zero attached hydrogens (tertiary/aromatic N) is 2. The molecule has 2 aromatic carbocycles. The smallest absolute Gasteiger partial charge is 0.348 e. The van der Waals surface area contributed by atoms with E-state index in [-0.39, 0.29) is 0 Å². The number of aromatic nitrogens is 3. The summed E-state index contributed by atoms with van der Waals surface area (Å²) in [4.78, 5) is 23.3. The van der Waals surface area contributed by atoms with Crippen molar-refractivity contribution in [3.63, 3.8) is 0 Å². The second kappa shape index (κ2) is 6.04. The number of hydrogen-bond donors (Lipinski definition) is 1. The van der Waals surface area contributed by atoms with Crippen LogP contribution in [0.4, 0.5) is 0 Å². The van der Waals surface area contributed by atoms with Gasteiger partial charge in [-0.2, -0.15) is 4.98 Å². The molecule has 0 aliphatic carbocycles. The molecule has 0 saturated carbocycles. The Morgan fingerprint density at radius 1 is 1.00 bits per heavy atom. The van der Waals surface area contributed by atoms with E-state index in [0.29, 0.717) is 17.4 Å². The highest BCUT2D eigenvalue weighted by molar-refractivity contribution is 5.66. The average molecular weight is 307 g/mol. The van der Waals surface area contributed by atoms with Crippen LogP contribution in [0.3, 0.4) is 0 Å². The fraction of sp³-hybridized carbons (Fsp3) is 0.167. The average Bonchev–Trinajstić information content (AvgIpc) is 2.54. The molecule has 0 radical (unpaired) electrons. The van der Waals surface area contributed by atoms with Gasteiger partial charge in [-0.1, -0.05) is 30.3 Å². The quantitative estimate of drug-likeness (QED) is 0.807. The van der Waals surface area contributed by atoms with E-state index >= 15 is 0 Å². The molecule has 0 unspecified atom stereocenters. The summed E-state index contributed by atoms with van der Waals surface area (Å²) in [6.07, 6.45) is 0. The van der Waals surface area contributed by atoms with Crippen molar-refractivity contribution < 1.29 is 4.74 Å². The second-order valence-corrected chi connectivity index (χ2v) is 5.32. The first-order valence-corrected chi connectivity index (χ1v) is 7.28. The lowest BCUT2D eigenvalue weighted by molar-refractivity contribution is 0.415. The van der Waals surface area contributed by atoms with Gasteiger partial charge in [-0.05, 0) is 37.1 Å². The molecule has 3 rings (SSSR count). The Morgan fingerprint density at radius 2 is 1.70 bits per heavy atom. The number of methoxy groups -OCH3 is 1. The third kappa shape index (κ3) is 2.99. The highest BCUT2D eigenvalue weighted by Crippen LogP contribution is 2.25. The van der Waals surface area contributed by atoms with Crippen LogP contribution < -0.4 is 10.4 Å². The van der Waals surface area contributed by atoms with Crippen LogP contribution in [0.15, 0.2) is 47.3 Å². The molecular formula is C18H17N3O2. The van der Waals surface area contributed by atoms with Crippen molar-refractivity contribution in [1.29, 1.82) is 0 Å². The van der Waals surface area contributed by atoms with E-state index in [0.717, 1.165) is 22.3 Å². The molecule has 0 bridgehead atoms. The highest BCUT2D eigenvalue weighted by Gasteiger charge is 2.12. The van der Waals surface area contributed by atoms with Gasteiger partial charge in [-0.15, -0.1) is 0 Å². The summed E-state index contributed by atoms with van der Waals surface area (Å²) in [5.41, 5.74) is 3.35. The summed E-state index contributed by atoms with van der Waals surface area (Å²) >= 11 is 0. The summed E-state index contributed by atoms with van der Waals surface area (Å²) < 4.78 is 5.22. The first-order chi connectivity index (χ1) is 11.1. The molecule has 0 fully saturated rings. The van der Waals surface area contributed by atoms with Crippen molar-refractivity contribution in [3.8, 4) is 28.5 Å². The third-order valence-corrected chi connectivity index (χ3v) is 3.70. The van der Waals surface area contributed by atoms with Crippen LogP contribution in [-0.2, 0) is 0 Å². The summed E-state index contributed by atoms with van der Waals surface area (Å²) in [5, 5.41) is 0. The van der Waals surface area contributed by atoms with E-state index in [4.69, 9.17) is 4.74 Å². The molecule has 0 aliphatic rings. The summed E-state index contributed by atoms with van der Waals surface area (Å²) in [6.45, 7) is 3.99. The molecule has 1 heterocycles. The molecule has 116 valence electrons. The van der Waals surface area contributed by atoms with Crippen molar-refractivity contribution >= 4 is 0 Å². The second-order valence-electron chi connectivity index (χ2n) is 5.32. The number of H-pyrrole nitrogens is 1. The molecule has 0 saturated heterocycles. The zero-order chi connectivity index (χ0) is 16.4. The fourth-order valence-electron chi connectivity index (χ4n) is 2.58. The van der Waals surface area contributed by atoms with Gasteiger partial charge in [0.25, 0.3) is 0 Å². The predicted molar refractivity (Wildman–Crippen MR) is 89.6 cm³/mol. The first kappa shape index (κ1) is 15.0. The number of nitrogens with one attached hydrogen (secondary N) is 1. The first-order valence-electron chi connectivity index (χ1n) is 7.28. The Kier molecular flexibility index (Phi) is 3.93. The predicted octanol–water partition coefficient (Wildman–Crippen LogP) is 3.12. The fourth-order valence-corrected chi connectivity index (χ4v) is 2.58. The van der Waals surface area contributed by atoms with Gasteiger partial charge in [0, 0.05) is 11.1 Å². The van der Waals surface area contributed by atoms with Crippen molar-refractivity contribution in [3.05, 3.63) is 64.1 Å². The van der Waals surface area contributed by atoms with E-state index in [1.807, 2.05) is 56.3 Å². The van der Waals surface area contributed by atoms with Crippen LogP contribution in [-0.4, -0.2) is 22.1 Å². The van der Waals surface area contributed by atoms with Crippen LogP contribution in [0, 0.1) is 13.8 Å². The van der Waals surface area contributed by atoms with Crippen LogP contribution in [0.2, 0.25) is 0 Å². The van der Waals surface area contributed by atoms with Gasteiger partial charge in [-0.25, -0.2) is 9.78 Å². The van der Waals surface area contributed by atoms with E-state index < -0.39 is 5.69 Å². The van der Waals surface area contributed by atoms with Crippen LogP contribution in [0.5, 0.6) is 5.75 Å². The van der Waals surface area contributed by atoms with Crippen LogP contribution in [0.25, 0.3) is 22.8 Å². The van der Waals surface area contributed by atoms with E-state index in [1.54, 1.807) is 7.11 Å². The maximum Gasteiger partial charge on any atom is 0.348 e. The van der Waals surface area contributed by atoms with Gasteiger partial charge in [0.05, 0.1) is 7.11 Å². The number of hydrogen-bond acceptors (Lipinski definition) is 4. The Balaban J connectivity index is 2.19. The van der Waals surface area contributed by atoms with E-state index in [2.05, 4.69) is 15.0 Å². The van der Waals surface area contributed by atoms with Gasteiger partial charge in [0.15, 0.2) is 5.82 Å². The molecule has 5 nitrogen and oxygen atoms in total. The maximum atomic E-state index is 12.0. The number of aryl methyl sites for hydroxylation is 2. The van der Waals surface area contributed by atoms with Gasteiger partial charge >= 0.3 is 5.69 Å². The topological polar surface area (TPSA) is 67.9 Å². The van der Waals surface area contributed by atoms with Crippen molar-refractivity contribution in [2.45, 2.75) is 13.8 Å². The lowest BCUT2D eigenvalue weighted by Crippen LogP contribution is -2.15. The molecule has 0 aliphatic heterocycles. The molecule has 1 N–H and O–H groups in total. The normalized spacial score (nSPS) is 10.6. The monoisotopic (exact) mass is 307 g/mol. The van der Waals surface area contributed by atoms with Gasteiger partial charge in [0.2, 0.25) is 0 Å². The summed E-state index contributed by atoms with van der Waals surface area (Å²) in [5.74, 6) is 1.60. The van der Waals surface area contributed by atoms with Gasteiger partial charge < -0.3 is 4.74 Å². The molecule has 5 heteroatoms. The number of rotatable bonds is 3. The Hall–Kier alpha value is -2.95. The van der Waals surface area contributed by atoms with Crippen molar-refractivity contribution in [2.75, 3.05) is 7.11 Å². The zero-order valence-corrected chi connectivity index (χ0v) is 13.3. The lowest BCUT2D eigenvalue weighted by Gasteiger charge is -2.10. The van der Waals surface area contributed by atoms with Gasteiger partial charge in [0.1, 0.15) is 11.6 Å². The number of aromatic amines is 1. The molecule has 1 aromatic heterocycles. The SMILES string of the molecule is COc1cccc(-c2nc(-c3c(C)cccc3C)[nH]c(=O)n2)c1. The van der Waals surface area contributed by atoms with Crippen LogP contribution in [0.1, 0.15) is 11.1 Å². The summed E-state index contributed by atoms with van der Waals surface area (Å²) in [6, 6.07) is 13.3. The number of benzene rings is 2. The molecule has 0 spiro atoms. The third-order valence-electron chi connectivity index (χ3n) is 3.70. The minimum absolute atomic E-state index is 0.380. The minimum Gasteiger partial charge on any atom is -0.497 e. The van der Waals surface area contributed by atoms with E-state index in [9.17, 15) is 4.79 Å². The molecule has 0 amide bonds. The molecule has 3 aromatic rings. The van der Waals surface area contributed by atoms with E-state index in [1.165, 1.54) is 0 Å². The molecule has 0 atom stereocenters. The highest BCUT2D eigenvalue weighted by atomic mass is 16.5. The Labute approximate surface area is 134 Å². The zero-order valence-electron chi connectivity index (χ0n) is 13.3. The van der Waals surface area contributed by atoms with Crippen molar-refractivity contribution in [1.82, 2.24) is 15.0 Å². The van der Waals surface area contributed by atoms with Gasteiger partial charge in [-0.3, -0.25) is 4.98 Å².